The molecule has 0 aliphatic heterocycles. The predicted octanol–water partition coefficient (Wildman–Crippen LogP) is 5.00. The first-order valence-electron chi connectivity index (χ1n) is 13.3. The fourth-order valence-corrected chi connectivity index (χ4v) is 6.71. The molecule has 0 fully saturated rings. The van der Waals surface area contributed by atoms with E-state index in [1.54, 1.807) is 42.6 Å². The number of fused-ring (bicyclic) bond motifs is 2. The largest absolute Gasteiger partial charge is 0.480 e. The summed E-state index contributed by atoms with van der Waals surface area (Å²) in [6, 6.07) is 23.9. The molecule has 1 aliphatic rings. The molecule has 2 heterocycles. The number of hydrogen-bond donors (Lipinski definition) is 4. The van der Waals surface area contributed by atoms with Crippen molar-refractivity contribution in [3.63, 3.8) is 0 Å². The van der Waals surface area contributed by atoms with Crippen molar-refractivity contribution in [1.82, 2.24) is 15.0 Å². The molecule has 0 saturated heterocycles. The van der Waals surface area contributed by atoms with Crippen LogP contribution in [0, 0.1) is 0 Å². The molecule has 6 rings (SSSR count). The third-order valence-electron chi connectivity index (χ3n) is 7.41. The van der Waals surface area contributed by atoms with Gasteiger partial charge in [-0.15, -0.1) is 0 Å². The van der Waals surface area contributed by atoms with Crippen molar-refractivity contribution in [2.24, 2.45) is 0 Å². The molecule has 1 unspecified atom stereocenters. The predicted molar refractivity (Wildman–Crippen MR) is 160 cm³/mol. The van der Waals surface area contributed by atoms with Crippen molar-refractivity contribution in [3.8, 4) is 0 Å². The molecule has 2 atom stereocenters. The molecular weight excluding hydrogens is 554 g/mol. The van der Waals surface area contributed by atoms with Gasteiger partial charge < -0.3 is 19.8 Å². The summed E-state index contributed by atoms with van der Waals surface area (Å²) >= 11 is 0. The number of nitrogens with one attached hydrogen (secondary N) is 3. The zero-order chi connectivity index (χ0) is 29.3. The average molecular weight is 582 g/mol. The number of carboxylic acid groups (broad SMARTS) is 1. The van der Waals surface area contributed by atoms with Gasteiger partial charge in [-0.2, -0.15) is 4.72 Å². The van der Waals surface area contributed by atoms with Crippen LogP contribution >= 0.6 is 0 Å². The Morgan fingerprint density at radius 1 is 1.00 bits per heavy atom. The highest BCUT2D eigenvalue weighted by molar-refractivity contribution is 7.91. The molecule has 212 valence electrons. The number of aromatic amines is 1. The van der Waals surface area contributed by atoms with Gasteiger partial charge >= 0.3 is 5.97 Å². The van der Waals surface area contributed by atoms with E-state index in [4.69, 9.17) is 4.42 Å². The van der Waals surface area contributed by atoms with Crippen molar-refractivity contribution in [2.75, 3.05) is 0 Å². The monoisotopic (exact) mass is 581 g/mol. The van der Waals surface area contributed by atoms with E-state index in [1.807, 2.05) is 54.6 Å². The summed E-state index contributed by atoms with van der Waals surface area (Å²) in [5, 5.41) is 14.2. The quantitative estimate of drug-likeness (QED) is 0.193. The first kappa shape index (κ1) is 27.3. The number of benzene rings is 3. The van der Waals surface area contributed by atoms with Gasteiger partial charge in [0.2, 0.25) is 10.0 Å². The molecule has 0 radical (unpaired) electrons. The second-order valence-electron chi connectivity index (χ2n) is 10.1. The molecule has 1 aliphatic carbocycles. The van der Waals surface area contributed by atoms with Crippen LogP contribution in [0.5, 0.6) is 0 Å². The van der Waals surface area contributed by atoms with Gasteiger partial charge in [-0.05, 0) is 41.0 Å². The Labute approximate surface area is 241 Å². The minimum absolute atomic E-state index is 0.0643. The molecule has 10 heteroatoms. The molecule has 0 bridgehead atoms. The SMILES string of the molecule is O=C(NC1(S(=O)(=O)N[C@@H](Cc2c[nH]c3ccccc23)C(=O)O)C=CC(c2ccccc2)=CC1)c1cc2ccccc2o1. The van der Waals surface area contributed by atoms with E-state index in [0.717, 1.165) is 22.0 Å². The molecule has 4 N–H and O–H groups in total. The highest BCUT2D eigenvalue weighted by Crippen LogP contribution is 2.32. The lowest BCUT2D eigenvalue weighted by molar-refractivity contribution is -0.138. The molecule has 0 spiro atoms. The number of aromatic nitrogens is 1. The number of aliphatic carboxylic acids is 1. The number of rotatable bonds is 9. The third kappa shape index (κ3) is 5.13. The minimum atomic E-state index is -4.53. The van der Waals surface area contributed by atoms with Crippen molar-refractivity contribution in [2.45, 2.75) is 23.8 Å². The lowest BCUT2D eigenvalue weighted by Gasteiger charge is -2.33. The highest BCUT2D eigenvalue weighted by atomic mass is 32.2. The topological polar surface area (TPSA) is 142 Å². The summed E-state index contributed by atoms with van der Waals surface area (Å²) in [7, 11) is -4.53. The average Bonchev–Trinajstić information content (AvgIpc) is 3.62. The van der Waals surface area contributed by atoms with Gasteiger partial charge in [-0.25, -0.2) is 8.42 Å². The van der Waals surface area contributed by atoms with E-state index in [2.05, 4.69) is 15.0 Å². The lowest BCUT2D eigenvalue weighted by atomic mass is 9.96. The maximum absolute atomic E-state index is 14.1. The summed E-state index contributed by atoms with van der Waals surface area (Å²) in [5.74, 6) is -2.16. The van der Waals surface area contributed by atoms with Gasteiger partial charge in [0.15, 0.2) is 10.6 Å². The number of sulfonamides is 1. The van der Waals surface area contributed by atoms with E-state index < -0.39 is 32.8 Å². The number of para-hydroxylation sites is 2. The number of carbonyl (C=O) groups excluding carboxylic acids is 1. The van der Waals surface area contributed by atoms with Gasteiger partial charge in [0, 0.05) is 35.3 Å². The van der Waals surface area contributed by atoms with E-state index in [-0.39, 0.29) is 18.6 Å². The zero-order valence-electron chi connectivity index (χ0n) is 22.3. The maximum atomic E-state index is 14.1. The summed E-state index contributed by atoms with van der Waals surface area (Å²) in [6.07, 6.45) is 6.14. The van der Waals surface area contributed by atoms with Crippen LogP contribution in [-0.2, 0) is 21.2 Å². The number of furan rings is 1. The molecule has 0 saturated carbocycles. The highest BCUT2D eigenvalue weighted by Gasteiger charge is 2.46. The van der Waals surface area contributed by atoms with Crippen LogP contribution in [0.1, 0.15) is 28.1 Å². The Bertz CT molecular complexity index is 1940. The Kier molecular flexibility index (Phi) is 7.01. The van der Waals surface area contributed by atoms with Crippen molar-refractivity contribution < 1.29 is 27.5 Å². The van der Waals surface area contributed by atoms with Crippen LogP contribution in [0.2, 0.25) is 0 Å². The Hall–Kier alpha value is -4.93. The molecule has 3 aromatic carbocycles. The molecule has 42 heavy (non-hydrogen) atoms. The summed E-state index contributed by atoms with van der Waals surface area (Å²) in [6.45, 7) is 0. The minimum Gasteiger partial charge on any atom is -0.480 e. The van der Waals surface area contributed by atoms with Crippen LogP contribution in [0.15, 0.2) is 114 Å². The third-order valence-corrected chi connectivity index (χ3v) is 9.37. The van der Waals surface area contributed by atoms with Gasteiger partial charge in [0.05, 0.1) is 0 Å². The second kappa shape index (κ2) is 10.8. The first-order chi connectivity index (χ1) is 20.2. The van der Waals surface area contributed by atoms with Crippen LogP contribution < -0.4 is 10.0 Å². The first-order valence-corrected chi connectivity index (χ1v) is 14.8. The Morgan fingerprint density at radius 3 is 2.48 bits per heavy atom. The fraction of sp³-hybridized carbons (Fsp3) is 0.125. The number of carboxylic acids is 1. The van der Waals surface area contributed by atoms with Crippen molar-refractivity contribution in [1.29, 1.82) is 0 Å². The fourth-order valence-electron chi connectivity index (χ4n) is 5.17. The second-order valence-corrected chi connectivity index (χ2v) is 12.1. The summed E-state index contributed by atoms with van der Waals surface area (Å²) < 4.78 is 36.2. The Morgan fingerprint density at radius 2 is 1.74 bits per heavy atom. The number of allylic oxidation sites excluding steroid dienone is 2. The van der Waals surface area contributed by atoms with Crippen molar-refractivity contribution in [3.05, 3.63) is 126 Å². The normalized spacial score (nSPS) is 17.7. The van der Waals surface area contributed by atoms with E-state index in [9.17, 15) is 23.1 Å². The van der Waals surface area contributed by atoms with Crippen LogP contribution in [0.4, 0.5) is 0 Å². The summed E-state index contributed by atoms with van der Waals surface area (Å²) in [4.78, 5) is 26.9. The molecular formula is C32H27N3O6S. The van der Waals surface area contributed by atoms with Gasteiger partial charge in [-0.3, -0.25) is 9.59 Å². The van der Waals surface area contributed by atoms with Crippen LogP contribution in [-0.4, -0.2) is 41.3 Å². The van der Waals surface area contributed by atoms with Gasteiger partial charge in [0.25, 0.3) is 5.91 Å². The van der Waals surface area contributed by atoms with Crippen LogP contribution in [0.25, 0.3) is 27.4 Å². The number of hydrogen-bond acceptors (Lipinski definition) is 5. The molecule has 9 nitrogen and oxygen atoms in total. The van der Waals surface area contributed by atoms with Crippen molar-refractivity contribution >= 4 is 49.3 Å². The van der Waals surface area contributed by atoms with E-state index in [0.29, 0.717) is 16.5 Å². The van der Waals surface area contributed by atoms with E-state index in [1.165, 1.54) is 12.1 Å². The maximum Gasteiger partial charge on any atom is 0.322 e. The van der Waals surface area contributed by atoms with Gasteiger partial charge in [0.1, 0.15) is 11.6 Å². The molecule has 2 aromatic heterocycles. The Balaban J connectivity index is 1.33. The zero-order valence-corrected chi connectivity index (χ0v) is 23.1. The lowest BCUT2D eigenvalue weighted by Crippen LogP contribution is -2.60. The number of amides is 1. The van der Waals surface area contributed by atoms with Gasteiger partial charge in [-0.1, -0.05) is 78.9 Å². The summed E-state index contributed by atoms with van der Waals surface area (Å²) in [5.41, 5.74) is 3.58. The molecule has 1 amide bonds. The molecule has 5 aromatic rings. The van der Waals surface area contributed by atoms with E-state index >= 15 is 0 Å². The smallest absolute Gasteiger partial charge is 0.322 e. The number of H-pyrrole nitrogens is 1. The number of carbonyl (C=O) groups is 2. The standard InChI is InChI=1S/C32H27N3O6S/c36-30(29-19-23-10-4-7-13-28(23)41-29)34-32(16-14-22(15-17-32)21-8-2-1-3-9-21)42(39,40)35-27(31(37)38)18-24-20-33-26-12-6-5-11-25(24)26/h1-16,19-20,27,33,35H,17-18H2,(H,34,36)(H,37,38)/t27-,32?/m0/s1. The van der Waals surface area contributed by atoms with Crippen LogP contribution in [0.3, 0.4) is 0 Å².